The average Bonchev–Trinajstić information content (AvgIpc) is 2.56. The highest BCUT2D eigenvalue weighted by Crippen LogP contribution is 2.44. The molecule has 1 aliphatic rings. The summed E-state index contributed by atoms with van der Waals surface area (Å²) in [6, 6.07) is 3.40. The topological polar surface area (TPSA) is 0 Å². The third-order valence-corrected chi connectivity index (χ3v) is 4.39. The fourth-order valence-electron chi connectivity index (χ4n) is 2.52. The molecule has 1 aliphatic carbocycles. The van der Waals surface area contributed by atoms with Crippen molar-refractivity contribution in [3.8, 4) is 0 Å². The van der Waals surface area contributed by atoms with Gasteiger partial charge in [0.25, 0.3) is 0 Å². The van der Waals surface area contributed by atoms with Gasteiger partial charge in [-0.3, -0.25) is 0 Å². The van der Waals surface area contributed by atoms with Crippen LogP contribution in [0.2, 0.25) is 0 Å². The highest BCUT2D eigenvalue weighted by molar-refractivity contribution is 9.09. The minimum Gasteiger partial charge on any atom is -0.203 e. The molecule has 0 heterocycles. The third-order valence-electron chi connectivity index (χ3n) is 3.61. The maximum absolute atomic E-state index is 13.9. The van der Waals surface area contributed by atoms with Gasteiger partial charge < -0.3 is 0 Å². The van der Waals surface area contributed by atoms with E-state index in [2.05, 4.69) is 15.9 Å². The number of hydrogen-bond acceptors (Lipinski definition) is 0. The van der Waals surface area contributed by atoms with Crippen molar-refractivity contribution in [1.82, 2.24) is 0 Å². The van der Waals surface area contributed by atoms with E-state index in [1.165, 1.54) is 0 Å². The number of aryl methyl sites for hydroxylation is 1. The van der Waals surface area contributed by atoms with E-state index in [9.17, 15) is 8.78 Å². The summed E-state index contributed by atoms with van der Waals surface area (Å²) in [6.07, 6.45) is 2.79. The van der Waals surface area contributed by atoms with Crippen LogP contribution in [0, 0.1) is 18.6 Å². The highest BCUT2D eigenvalue weighted by Gasteiger charge is 2.38. The molecule has 0 bridgehead atoms. The predicted octanol–water partition coefficient (Wildman–Crippen LogP) is 4.48. The molecule has 1 fully saturated rings. The molecule has 16 heavy (non-hydrogen) atoms. The molecule has 0 spiro atoms. The van der Waals surface area contributed by atoms with Crippen molar-refractivity contribution in [3.05, 3.63) is 34.9 Å². The lowest BCUT2D eigenvalue weighted by Gasteiger charge is -2.25. The van der Waals surface area contributed by atoms with E-state index in [4.69, 9.17) is 0 Å². The van der Waals surface area contributed by atoms with Crippen molar-refractivity contribution >= 4 is 15.9 Å². The van der Waals surface area contributed by atoms with Crippen molar-refractivity contribution in [2.24, 2.45) is 0 Å². The second-order valence-electron chi connectivity index (χ2n) is 4.96. The summed E-state index contributed by atoms with van der Waals surface area (Å²) in [6.45, 7) is 3.61. The first-order valence-electron chi connectivity index (χ1n) is 5.53. The molecule has 88 valence electrons. The van der Waals surface area contributed by atoms with E-state index >= 15 is 0 Å². The summed E-state index contributed by atoms with van der Waals surface area (Å²) in [5.74, 6) is -1.36. The zero-order chi connectivity index (χ0) is 11.9. The summed E-state index contributed by atoms with van der Waals surface area (Å²) in [7, 11) is 0. The molecule has 1 saturated carbocycles. The molecule has 0 aliphatic heterocycles. The summed E-state index contributed by atoms with van der Waals surface area (Å²) in [5.41, 5.74) is 0.670. The van der Waals surface area contributed by atoms with E-state index in [1.54, 1.807) is 19.1 Å². The van der Waals surface area contributed by atoms with Crippen LogP contribution in [0.25, 0.3) is 0 Å². The molecular weight excluding hydrogens is 274 g/mol. The van der Waals surface area contributed by atoms with Crippen LogP contribution in [-0.4, -0.2) is 4.83 Å². The molecule has 0 radical (unpaired) electrons. The van der Waals surface area contributed by atoms with Crippen molar-refractivity contribution in [3.63, 3.8) is 0 Å². The molecule has 2 unspecified atom stereocenters. The van der Waals surface area contributed by atoms with Gasteiger partial charge in [-0.15, -0.1) is 0 Å². The summed E-state index contributed by atoms with van der Waals surface area (Å²) in [4.78, 5) is 0.418. The van der Waals surface area contributed by atoms with Crippen molar-refractivity contribution in [1.29, 1.82) is 0 Å². The fraction of sp³-hybridized carbons (Fsp3) is 0.538. The zero-order valence-corrected chi connectivity index (χ0v) is 11.1. The number of alkyl halides is 1. The third kappa shape index (κ3) is 1.90. The van der Waals surface area contributed by atoms with Crippen LogP contribution < -0.4 is 0 Å². The minimum absolute atomic E-state index is 0.229. The van der Waals surface area contributed by atoms with E-state index < -0.39 is 11.6 Å². The number of halogens is 3. The van der Waals surface area contributed by atoms with Crippen LogP contribution in [0.15, 0.2) is 12.1 Å². The zero-order valence-electron chi connectivity index (χ0n) is 9.49. The second-order valence-corrected chi connectivity index (χ2v) is 6.25. The Labute approximate surface area is 103 Å². The molecular formula is C13H15BrF2. The first-order valence-corrected chi connectivity index (χ1v) is 6.45. The second kappa shape index (κ2) is 4.10. The van der Waals surface area contributed by atoms with Gasteiger partial charge in [0.1, 0.15) is 0 Å². The molecule has 2 atom stereocenters. The lowest BCUT2D eigenvalue weighted by molar-refractivity contribution is 0.428. The van der Waals surface area contributed by atoms with E-state index in [0.717, 1.165) is 19.3 Å². The lowest BCUT2D eigenvalue weighted by atomic mass is 9.80. The predicted molar refractivity (Wildman–Crippen MR) is 65.0 cm³/mol. The first kappa shape index (κ1) is 12.0. The van der Waals surface area contributed by atoms with Crippen molar-refractivity contribution in [2.45, 2.75) is 43.4 Å². The maximum atomic E-state index is 13.9. The monoisotopic (exact) mass is 288 g/mol. The Hall–Kier alpha value is -0.440. The molecule has 0 aromatic heterocycles. The van der Waals surface area contributed by atoms with E-state index in [0.29, 0.717) is 16.0 Å². The van der Waals surface area contributed by atoms with Gasteiger partial charge in [-0.1, -0.05) is 35.0 Å². The Morgan fingerprint density at radius 2 is 2.00 bits per heavy atom. The van der Waals surface area contributed by atoms with Crippen molar-refractivity contribution in [2.75, 3.05) is 0 Å². The largest absolute Gasteiger partial charge is 0.203 e. The molecule has 2 rings (SSSR count). The Bertz CT molecular complexity index is 417. The summed E-state index contributed by atoms with van der Waals surface area (Å²) < 4.78 is 27.4. The fourth-order valence-corrected chi connectivity index (χ4v) is 3.47. The van der Waals surface area contributed by atoms with Gasteiger partial charge in [0.15, 0.2) is 11.6 Å². The van der Waals surface area contributed by atoms with Gasteiger partial charge in [-0.25, -0.2) is 8.78 Å². The number of benzene rings is 1. The van der Waals surface area contributed by atoms with Crippen LogP contribution in [0.4, 0.5) is 8.78 Å². The molecule has 1 aromatic carbocycles. The van der Waals surface area contributed by atoms with Crippen molar-refractivity contribution < 1.29 is 8.78 Å². The van der Waals surface area contributed by atoms with Gasteiger partial charge in [0.2, 0.25) is 0 Å². The first-order chi connectivity index (χ1) is 7.44. The quantitative estimate of drug-likeness (QED) is 0.669. The Morgan fingerprint density at radius 3 is 2.56 bits per heavy atom. The van der Waals surface area contributed by atoms with Crippen LogP contribution in [-0.2, 0) is 5.41 Å². The molecule has 0 nitrogen and oxygen atoms in total. The van der Waals surface area contributed by atoms with Crippen LogP contribution in [0.3, 0.4) is 0 Å². The Morgan fingerprint density at radius 1 is 1.31 bits per heavy atom. The molecule has 0 amide bonds. The number of hydrogen-bond donors (Lipinski definition) is 0. The average molecular weight is 289 g/mol. The van der Waals surface area contributed by atoms with Gasteiger partial charge >= 0.3 is 0 Å². The normalized spacial score (nSPS) is 29.7. The smallest absolute Gasteiger partial charge is 0.162 e. The molecule has 0 N–H and O–H groups in total. The van der Waals surface area contributed by atoms with Crippen LogP contribution in [0.5, 0.6) is 0 Å². The summed E-state index contributed by atoms with van der Waals surface area (Å²) >= 11 is 3.55. The summed E-state index contributed by atoms with van der Waals surface area (Å²) in [5, 5.41) is 0. The van der Waals surface area contributed by atoms with Gasteiger partial charge in [-0.05, 0) is 42.7 Å². The Balaban J connectivity index is 2.45. The van der Waals surface area contributed by atoms with Crippen LogP contribution in [0.1, 0.15) is 37.3 Å². The SMILES string of the molecule is Cc1ccc(C2(C)CCC(Br)C2)c(F)c1F. The molecule has 3 heteroatoms. The number of rotatable bonds is 1. The maximum Gasteiger partial charge on any atom is 0.162 e. The molecule has 1 aromatic rings. The van der Waals surface area contributed by atoms with Gasteiger partial charge in [0, 0.05) is 4.83 Å². The van der Waals surface area contributed by atoms with Gasteiger partial charge in [-0.2, -0.15) is 0 Å². The molecule has 0 saturated heterocycles. The Kier molecular flexibility index (Phi) is 3.08. The lowest BCUT2D eigenvalue weighted by Crippen LogP contribution is -2.20. The van der Waals surface area contributed by atoms with E-state index in [1.807, 2.05) is 6.92 Å². The van der Waals surface area contributed by atoms with Gasteiger partial charge in [0.05, 0.1) is 0 Å². The van der Waals surface area contributed by atoms with Crippen LogP contribution >= 0.6 is 15.9 Å². The minimum atomic E-state index is -0.697. The van der Waals surface area contributed by atoms with E-state index in [-0.39, 0.29) is 5.41 Å². The standard InChI is InChI=1S/C13H15BrF2/c1-8-3-4-10(12(16)11(8)15)13(2)6-5-9(14)7-13/h3-4,9H,5-7H2,1-2H3. The highest BCUT2D eigenvalue weighted by atomic mass is 79.9.